The minimum absolute atomic E-state index is 0.481. The van der Waals surface area contributed by atoms with Crippen molar-refractivity contribution in [1.29, 1.82) is 0 Å². The molecule has 0 bridgehead atoms. The standard InChI is InChI=1S/C7H14N2S/c1-3-5-6(4-2)10-7(8)9-5/h5-6H,3-4H2,1-2H3,(H2,8,9)/t5-,6+/m0/s1. The van der Waals surface area contributed by atoms with E-state index in [2.05, 4.69) is 18.8 Å². The molecule has 0 aliphatic carbocycles. The Bertz CT molecular complexity index is 145. The quantitative estimate of drug-likeness (QED) is 0.663. The summed E-state index contributed by atoms with van der Waals surface area (Å²) in [4.78, 5) is 4.32. The number of aliphatic imine (C=N–C) groups is 1. The van der Waals surface area contributed by atoms with Crippen LogP contribution in [0.3, 0.4) is 0 Å². The highest BCUT2D eigenvalue weighted by Gasteiger charge is 2.25. The van der Waals surface area contributed by atoms with Crippen molar-refractivity contribution < 1.29 is 0 Å². The molecule has 0 aromatic carbocycles. The molecule has 58 valence electrons. The highest BCUT2D eigenvalue weighted by molar-refractivity contribution is 8.14. The first-order valence-electron chi connectivity index (χ1n) is 3.77. The lowest BCUT2D eigenvalue weighted by Crippen LogP contribution is -2.14. The van der Waals surface area contributed by atoms with Gasteiger partial charge in [-0.1, -0.05) is 25.6 Å². The zero-order valence-corrected chi connectivity index (χ0v) is 7.32. The smallest absolute Gasteiger partial charge is 0.154 e. The fraction of sp³-hybridized carbons (Fsp3) is 0.857. The van der Waals surface area contributed by atoms with Gasteiger partial charge in [0.15, 0.2) is 5.17 Å². The molecule has 2 N–H and O–H groups in total. The molecule has 0 aromatic heterocycles. The van der Waals surface area contributed by atoms with Crippen molar-refractivity contribution in [2.24, 2.45) is 10.7 Å². The first kappa shape index (κ1) is 7.92. The first-order chi connectivity index (χ1) is 4.77. The highest BCUT2D eigenvalue weighted by atomic mass is 32.2. The molecule has 0 spiro atoms. The average molecular weight is 158 g/mol. The van der Waals surface area contributed by atoms with Crippen LogP contribution in [-0.2, 0) is 0 Å². The van der Waals surface area contributed by atoms with Gasteiger partial charge < -0.3 is 5.73 Å². The van der Waals surface area contributed by atoms with Crippen LogP contribution in [0.15, 0.2) is 4.99 Å². The van der Waals surface area contributed by atoms with Gasteiger partial charge in [-0.15, -0.1) is 0 Å². The Morgan fingerprint density at radius 1 is 1.50 bits per heavy atom. The number of hydrogen-bond donors (Lipinski definition) is 1. The van der Waals surface area contributed by atoms with Gasteiger partial charge in [-0.2, -0.15) is 0 Å². The van der Waals surface area contributed by atoms with Gasteiger partial charge >= 0.3 is 0 Å². The number of thioether (sulfide) groups is 1. The van der Waals surface area contributed by atoms with Crippen LogP contribution in [0.1, 0.15) is 26.7 Å². The first-order valence-corrected chi connectivity index (χ1v) is 4.65. The van der Waals surface area contributed by atoms with Crippen LogP contribution >= 0.6 is 11.8 Å². The van der Waals surface area contributed by atoms with Gasteiger partial charge in [0.25, 0.3) is 0 Å². The summed E-state index contributed by atoms with van der Waals surface area (Å²) in [5.74, 6) is 0. The van der Waals surface area contributed by atoms with Gasteiger partial charge in [-0.05, 0) is 12.8 Å². The summed E-state index contributed by atoms with van der Waals surface area (Å²) in [7, 11) is 0. The molecule has 1 rings (SSSR count). The lowest BCUT2D eigenvalue weighted by atomic mass is 10.1. The van der Waals surface area contributed by atoms with Crippen LogP contribution < -0.4 is 5.73 Å². The van der Waals surface area contributed by atoms with Crippen LogP contribution in [0.2, 0.25) is 0 Å². The summed E-state index contributed by atoms with van der Waals surface area (Å²) in [6.45, 7) is 4.35. The molecule has 1 heterocycles. The Balaban J connectivity index is 2.52. The van der Waals surface area contributed by atoms with E-state index in [1.807, 2.05) is 0 Å². The minimum Gasteiger partial charge on any atom is -0.379 e. The predicted octanol–water partition coefficient (Wildman–Crippen LogP) is 1.61. The normalized spacial score (nSPS) is 32.4. The zero-order valence-electron chi connectivity index (χ0n) is 6.50. The van der Waals surface area contributed by atoms with E-state index in [0.29, 0.717) is 11.3 Å². The lowest BCUT2D eigenvalue weighted by molar-refractivity contribution is 0.615. The molecule has 2 nitrogen and oxygen atoms in total. The number of nitrogens with two attached hydrogens (primary N) is 1. The van der Waals surface area contributed by atoms with Crippen molar-refractivity contribution in [3.05, 3.63) is 0 Å². The molecule has 0 unspecified atom stereocenters. The van der Waals surface area contributed by atoms with Crippen LogP contribution in [-0.4, -0.2) is 16.5 Å². The molecule has 2 atom stereocenters. The second-order valence-corrected chi connectivity index (χ2v) is 3.77. The third kappa shape index (κ3) is 1.45. The minimum atomic E-state index is 0.481. The van der Waals surface area contributed by atoms with Crippen LogP contribution in [0.4, 0.5) is 0 Å². The van der Waals surface area contributed by atoms with Crippen molar-refractivity contribution in [2.45, 2.75) is 38.0 Å². The monoisotopic (exact) mass is 158 g/mol. The van der Waals surface area contributed by atoms with E-state index >= 15 is 0 Å². The molecule has 0 amide bonds. The fourth-order valence-electron chi connectivity index (χ4n) is 1.22. The average Bonchev–Trinajstić information content (AvgIpc) is 2.30. The van der Waals surface area contributed by atoms with E-state index in [4.69, 9.17) is 5.73 Å². The predicted molar refractivity (Wildman–Crippen MR) is 47.4 cm³/mol. The number of amidine groups is 1. The Kier molecular flexibility index (Phi) is 2.60. The van der Waals surface area contributed by atoms with Gasteiger partial charge in [0.2, 0.25) is 0 Å². The molecular weight excluding hydrogens is 144 g/mol. The molecule has 0 fully saturated rings. The Hall–Kier alpha value is -0.180. The number of rotatable bonds is 2. The van der Waals surface area contributed by atoms with Gasteiger partial charge in [0.05, 0.1) is 6.04 Å². The van der Waals surface area contributed by atoms with Gasteiger partial charge in [-0.25, -0.2) is 0 Å². The second-order valence-electron chi connectivity index (χ2n) is 2.51. The Labute approximate surface area is 66.3 Å². The highest BCUT2D eigenvalue weighted by Crippen LogP contribution is 2.28. The SMILES string of the molecule is CC[C@@H]1N=C(N)S[C@@H]1CC. The molecule has 0 saturated carbocycles. The van der Waals surface area contributed by atoms with Gasteiger partial charge in [0, 0.05) is 5.25 Å². The second kappa shape index (κ2) is 3.28. The maximum Gasteiger partial charge on any atom is 0.154 e. The molecule has 1 aliphatic rings. The van der Waals surface area contributed by atoms with E-state index in [0.717, 1.165) is 11.6 Å². The number of nitrogens with zero attached hydrogens (tertiary/aromatic N) is 1. The third-order valence-corrected chi connectivity index (χ3v) is 3.11. The summed E-state index contributed by atoms with van der Waals surface area (Å²) in [5.41, 5.74) is 5.58. The maximum atomic E-state index is 5.58. The van der Waals surface area contributed by atoms with Crippen LogP contribution in [0.25, 0.3) is 0 Å². The van der Waals surface area contributed by atoms with Crippen molar-refractivity contribution in [1.82, 2.24) is 0 Å². The van der Waals surface area contributed by atoms with Gasteiger partial charge in [0.1, 0.15) is 0 Å². The summed E-state index contributed by atoms with van der Waals surface area (Å²) in [5, 5.41) is 1.42. The number of hydrogen-bond acceptors (Lipinski definition) is 3. The van der Waals surface area contributed by atoms with E-state index in [1.54, 1.807) is 11.8 Å². The Morgan fingerprint density at radius 3 is 2.60 bits per heavy atom. The van der Waals surface area contributed by atoms with Gasteiger partial charge in [-0.3, -0.25) is 4.99 Å². The van der Waals surface area contributed by atoms with Crippen LogP contribution in [0, 0.1) is 0 Å². The molecule has 0 aromatic rings. The summed E-state index contributed by atoms with van der Waals surface area (Å²) < 4.78 is 0. The van der Waals surface area contributed by atoms with Crippen LogP contribution in [0.5, 0.6) is 0 Å². The molecule has 1 aliphatic heterocycles. The molecule has 10 heavy (non-hydrogen) atoms. The summed E-state index contributed by atoms with van der Waals surface area (Å²) in [6.07, 6.45) is 2.29. The van der Waals surface area contributed by atoms with E-state index < -0.39 is 0 Å². The molecular formula is C7H14N2S. The van der Waals surface area contributed by atoms with Crippen molar-refractivity contribution in [2.75, 3.05) is 0 Å². The molecule has 0 saturated heterocycles. The lowest BCUT2D eigenvalue weighted by Gasteiger charge is -2.11. The summed E-state index contributed by atoms with van der Waals surface area (Å²) in [6, 6.07) is 0.481. The van der Waals surface area contributed by atoms with Crippen molar-refractivity contribution >= 4 is 16.9 Å². The largest absolute Gasteiger partial charge is 0.379 e. The zero-order chi connectivity index (χ0) is 7.56. The van der Waals surface area contributed by atoms with E-state index in [1.165, 1.54) is 6.42 Å². The Morgan fingerprint density at radius 2 is 2.20 bits per heavy atom. The van der Waals surface area contributed by atoms with Crippen molar-refractivity contribution in [3.63, 3.8) is 0 Å². The molecule has 3 heteroatoms. The van der Waals surface area contributed by atoms with Crippen molar-refractivity contribution in [3.8, 4) is 0 Å². The molecule has 0 radical (unpaired) electrons. The van der Waals surface area contributed by atoms with E-state index in [9.17, 15) is 0 Å². The third-order valence-electron chi connectivity index (χ3n) is 1.81. The summed E-state index contributed by atoms with van der Waals surface area (Å²) >= 11 is 1.73. The van der Waals surface area contributed by atoms with E-state index in [-0.39, 0.29) is 0 Å². The maximum absolute atomic E-state index is 5.58. The topological polar surface area (TPSA) is 38.4 Å². The fourth-order valence-corrected chi connectivity index (χ4v) is 2.30.